The van der Waals surface area contributed by atoms with Gasteiger partial charge in [0.1, 0.15) is 6.54 Å². The number of likely N-dealkylation sites (tertiary alicyclic amines) is 1. The summed E-state index contributed by atoms with van der Waals surface area (Å²) in [5.74, 6) is 2.96. The number of aryl methyl sites for hydroxylation is 1. The van der Waals surface area contributed by atoms with Gasteiger partial charge >= 0.3 is 5.97 Å². The highest BCUT2D eigenvalue weighted by molar-refractivity contribution is 7.07. The Bertz CT molecular complexity index is 1380. The molecule has 2 heterocycles. The van der Waals surface area contributed by atoms with E-state index < -0.39 is 42.6 Å². The highest BCUT2D eigenvalue weighted by Crippen LogP contribution is 2.29. The fourth-order valence-corrected chi connectivity index (χ4v) is 7.09. The predicted octanol–water partition coefficient (Wildman–Crippen LogP) is 5.26. The van der Waals surface area contributed by atoms with Gasteiger partial charge in [0.05, 0.1) is 89.4 Å². The summed E-state index contributed by atoms with van der Waals surface area (Å²) in [6.45, 7) is 29.5. The summed E-state index contributed by atoms with van der Waals surface area (Å²) in [7, 11) is 6.71. The number of amides is 4. The van der Waals surface area contributed by atoms with Crippen LogP contribution in [-0.2, 0) is 52.5 Å². The van der Waals surface area contributed by atoms with Crippen LogP contribution in [0.15, 0.2) is 16.8 Å². The van der Waals surface area contributed by atoms with Gasteiger partial charge in [0, 0.05) is 39.9 Å². The molecule has 6 atom stereocenters. The Balaban J connectivity index is -0.00000109. The molecule has 2 rings (SSSR count). The number of nitrogens with one attached hydrogen (secondary N) is 2. The first-order valence-electron chi connectivity index (χ1n) is 23.7. The number of methoxy groups -OCH3 is 2. The molecule has 1 aliphatic heterocycles. The molecule has 6 unspecified atom stereocenters. The van der Waals surface area contributed by atoms with E-state index in [-0.39, 0.29) is 42.3 Å². The highest BCUT2D eigenvalue weighted by Gasteiger charge is 2.42. The van der Waals surface area contributed by atoms with Gasteiger partial charge in [0.25, 0.3) is 0 Å². The summed E-state index contributed by atoms with van der Waals surface area (Å²) in [6, 6.07) is 1.35. The molecule has 18 nitrogen and oxygen atoms in total. The molecule has 0 radical (unpaired) electrons. The minimum absolute atomic E-state index is 0.0204. The van der Waals surface area contributed by atoms with E-state index in [4.69, 9.17) is 34.7 Å². The van der Waals surface area contributed by atoms with Crippen LogP contribution < -0.4 is 16.5 Å². The van der Waals surface area contributed by atoms with E-state index in [1.807, 2.05) is 27.7 Å². The monoisotopic (exact) mass is 979 g/mol. The number of hydrogen-bond donors (Lipinski definition) is 4. The summed E-state index contributed by atoms with van der Waals surface area (Å²) < 4.78 is 27.4. The van der Waals surface area contributed by atoms with E-state index in [0.717, 1.165) is 31.9 Å². The van der Waals surface area contributed by atoms with Crippen molar-refractivity contribution in [3.05, 3.63) is 22.4 Å². The molecule has 1 aliphatic rings. The van der Waals surface area contributed by atoms with Gasteiger partial charge in [-0.15, -0.1) is 0 Å². The van der Waals surface area contributed by atoms with E-state index in [1.54, 1.807) is 30.2 Å². The largest absolute Gasteiger partial charge is 0.480 e. The van der Waals surface area contributed by atoms with Crippen LogP contribution in [0.4, 0.5) is 0 Å². The normalized spacial score (nSPS) is 15.4. The Morgan fingerprint density at radius 2 is 1.49 bits per heavy atom. The Kier molecular flexibility index (Phi) is 42.3. The van der Waals surface area contributed by atoms with E-state index in [0.29, 0.717) is 59.0 Å². The van der Waals surface area contributed by atoms with Crippen LogP contribution in [0.3, 0.4) is 0 Å². The smallest absolute Gasteiger partial charge is 0.322 e. The third kappa shape index (κ3) is 33.0. The third-order valence-corrected chi connectivity index (χ3v) is 11.3. The van der Waals surface area contributed by atoms with Crippen molar-refractivity contribution in [2.24, 2.45) is 23.7 Å². The second kappa shape index (κ2) is 41.7. The second-order valence-corrected chi connectivity index (χ2v) is 18.4. The fraction of sp³-hybridized carbons (Fsp3) is 0.812. The van der Waals surface area contributed by atoms with E-state index >= 15 is 0 Å². The molecule has 0 aliphatic carbocycles. The van der Waals surface area contributed by atoms with Crippen molar-refractivity contribution in [1.82, 2.24) is 25.3 Å². The molecule has 0 bridgehead atoms. The summed E-state index contributed by atoms with van der Waals surface area (Å²) in [5.41, 5.74) is 1.55. The van der Waals surface area contributed by atoms with Crippen LogP contribution in [0, 0.1) is 24.7 Å². The molecule has 4 amide bonds. The maximum atomic E-state index is 13.5. The molecule has 0 spiro atoms. The number of nitrogens with two attached hydrogens (primary N) is 1. The highest BCUT2D eigenvalue weighted by atomic mass is 32.1. The summed E-state index contributed by atoms with van der Waals surface area (Å²) in [4.78, 5) is 69.8. The number of carboxylic acid groups (broad SMARTS) is 1. The number of carboxylic acids is 1. The lowest BCUT2D eigenvalue weighted by Gasteiger charge is -2.39. The van der Waals surface area contributed by atoms with Gasteiger partial charge in [-0.1, -0.05) is 61.8 Å². The van der Waals surface area contributed by atoms with E-state index in [2.05, 4.69) is 92.7 Å². The van der Waals surface area contributed by atoms with Crippen molar-refractivity contribution in [2.75, 3.05) is 101 Å². The van der Waals surface area contributed by atoms with Gasteiger partial charge in [-0.3, -0.25) is 28.9 Å². The number of likely N-dealkylation sites (N-methyl/N-ethyl adjacent to an activating group) is 2. The van der Waals surface area contributed by atoms with Crippen molar-refractivity contribution >= 4 is 41.4 Å². The molecule has 394 valence electrons. The van der Waals surface area contributed by atoms with Crippen LogP contribution >= 0.6 is 11.3 Å². The molecule has 5 N–H and O–H groups in total. The molecule has 0 aromatic carbocycles. The summed E-state index contributed by atoms with van der Waals surface area (Å²) in [6.07, 6.45) is 1.41. The van der Waals surface area contributed by atoms with Gasteiger partial charge in [-0.05, 0) is 81.8 Å². The second-order valence-electron chi connectivity index (χ2n) is 17.6. The summed E-state index contributed by atoms with van der Waals surface area (Å²) >= 11 is 1.74. The average Bonchev–Trinajstić information content (AvgIpc) is 3.99. The number of carbonyl (C=O) groups excluding carboxylic acids is 4. The Labute approximate surface area is 408 Å². The number of ether oxygens (including phenoxy) is 5. The standard InChI is InChI=1S/C24H42N4O8.C13H30N2O4.C5H6S.C4H10.C2H6/c1-7-15(2)22(27(4)20(31)12-25-14-29)18(35-5)11-19(30)28-10-8-9-17(28)23(36-6)16(3)24(34)26-13-21(32)33;1-13(2,3)15(4)5-6-16-7-8-17-9-10-18-11-12-19-14;1-5-2-3-6-4-5;1-4(2)3;1-2/h14-18,22-23H,7-13H2,1-6H3,(H,25,29)(H,26,34)(H,32,33);5-12,14H2,1-4H3;2-4H,1H3;4H,1-3H3;1-2H3. The average molecular weight is 979 g/mol. The Morgan fingerprint density at radius 1 is 0.940 bits per heavy atom. The lowest BCUT2D eigenvalue weighted by atomic mass is 9.90. The fourth-order valence-electron chi connectivity index (χ4n) is 6.42. The zero-order chi connectivity index (χ0) is 52.0. The first kappa shape index (κ1) is 68.0. The minimum Gasteiger partial charge on any atom is -0.480 e. The molecule has 0 saturated carbocycles. The lowest BCUT2D eigenvalue weighted by molar-refractivity contribution is -0.146. The van der Waals surface area contributed by atoms with Crippen molar-refractivity contribution in [2.45, 2.75) is 139 Å². The van der Waals surface area contributed by atoms with Gasteiger partial charge < -0.3 is 54.1 Å². The molecule has 1 aromatic heterocycles. The topological polar surface area (TPSA) is 221 Å². The Hall–Kier alpha value is -3.27. The third-order valence-electron chi connectivity index (χ3n) is 10.5. The maximum absolute atomic E-state index is 13.5. The molecule has 1 saturated heterocycles. The number of rotatable bonds is 28. The first-order chi connectivity index (χ1) is 31.6. The van der Waals surface area contributed by atoms with E-state index in [1.165, 1.54) is 24.7 Å². The van der Waals surface area contributed by atoms with Crippen molar-refractivity contribution in [1.29, 1.82) is 0 Å². The molecule has 67 heavy (non-hydrogen) atoms. The van der Waals surface area contributed by atoms with Crippen molar-refractivity contribution in [3.63, 3.8) is 0 Å². The SMILES string of the molecule is CC.CC(C)C.CCC(C)C(C(CC(=O)N1CCCC1C(OC)C(C)C(=O)NCC(=O)O)OC)N(C)C(=O)CNC=O.CN(CCOCCOCCOCCON)C(C)(C)C.Cc1ccsc1. The Morgan fingerprint density at radius 3 is 1.91 bits per heavy atom. The molecular weight excluding hydrogens is 885 g/mol. The predicted molar refractivity (Wildman–Crippen MR) is 267 cm³/mol. The molecule has 1 fully saturated rings. The van der Waals surface area contributed by atoms with Gasteiger partial charge in [0.15, 0.2) is 0 Å². The van der Waals surface area contributed by atoms with Gasteiger partial charge in [0.2, 0.25) is 24.1 Å². The van der Waals surface area contributed by atoms with Crippen LogP contribution in [-0.4, -0.2) is 180 Å². The number of thiophene rings is 1. The molecular formula is C48H94N6O12S. The maximum Gasteiger partial charge on any atom is 0.322 e. The zero-order valence-electron chi connectivity index (χ0n) is 44.2. The number of aliphatic carboxylic acids is 1. The lowest BCUT2D eigenvalue weighted by Crippen LogP contribution is -2.54. The van der Waals surface area contributed by atoms with E-state index in [9.17, 15) is 24.0 Å². The quantitative estimate of drug-likeness (QED) is 0.0479. The van der Waals surface area contributed by atoms with Crippen molar-refractivity contribution < 1.29 is 57.6 Å². The van der Waals surface area contributed by atoms with Crippen molar-refractivity contribution in [3.8, 4) is 0 Å². The van der Waals surface area contributed by atoms with Gasteiger partial charge in [-0.25, -0.2) is 5.90 Å². The van der Waals surface area contributed by atoms with Crippen LogP contribution in [0.2, 0.25) is 0 Å². The minimum atomic E-state index is -1.14. The molecule has 19 heteroatoms. The van der Waals surface area contributed by atoms with Crippen LogP contribution in [0.25, 0.3) is 0 Å². The number of nitrogens with zero attached hydrogens (tertiary/aromatic N) is 3. The number of carbonyl (C=O) groups is 5. The van der Waals surface area contributed by atoms with Crippen LogP contribution in [0.1, 0.15) is 107 Å². The zero-order valence-corrected chi connectivity index (χ0v) is 45.0. The van der Waals surface area contributed by atoms with Gasteiger partial charge in [-0.2, -0.15) is 11.3 Å². The summed E-state index contributed by atoms with van der Waals surface area (Å²) in [5, 5.41) is 17.8. The number of hydrogen-bond acceptors (Lipinski definition) is 14. The molecule has 1 aromatic rings. The van der Waals surface area contributed by atoms with Crippen LogP contribution in [0.5, 0.6) is 0 Å². The first-order valence-corrected chi connectivity index (χ1v) is 24.6.